The number of hydrogen-bond donors (Lipinski definition) is 2. The zero-order valence-electron chi connectivity index (χ0n) is 7.85. The Morgan fingerprint density at radius 1 is 1.67 bits per heavy atom. The predicted molar refractivity (Wildman–Crippen MR) is 56.3 cm³/mol. The van der Waals surface area contributed by atoms with Crippen molar-refractivity contribution in [2.75, 3.05) is 12.4 Å². The molecule has 2 N–H and O–H groups in total. The molecule has 0 aliphatic carbocycles. The maximum Gasteiger partial charge on any atom is 0.374 e. The van der Waals surface area contributed by atoms with Gasteiger partial charge in [0.2, 0.25) is 5.76 Å². The standard InChI is InChI=1S/C9H8N2O3S/c1-10-9-11-6(5-3-2-4-15-5)7(14-9)8(12)13/h2-4H,1H3,(H,10,11)(H,12,13). The molecule has 0 fully saturated rings. The van der Waals surface area contributed by atoms with E-state index in [1.54, 1.807) is 13.1 Å². The molecule has 5 nitrogen and oxygen atoms in total. The molecule has 2 rings (SSSR count). The number of nitrogens with one attached hydrogen (secondary N) is 1. The molecule has 0 saturated heterocycles. The Morgan fingerprint density at radius 3 is 3.00 bits per heavy atom. The summed E-state index contributed by atoms with van der Waals surface area (Å²) in [6.07, 6.45) is 0. The molecule has 0 saturated carbocycles. The van der Waals surface area contributed by atoms with Crippen molar-refractivity contribution >= 4 is 23.3 Å². The highest BCUT2D eigenvalue weighted by atomic mass is 32.1. The van der Waals surface area contributed by atoms with Gasteiger partial charge >= 0.3 is 5.97 Å². The molecule has 0 unspecified atom stereocenters. The molecule has 15 heavy (non-hydrogen) atoms. The number of aromatic nitrogens is 1. The zero-order valence-corrected chi connectivity index (χ0v) is 8.67. The summed E-state index contributed by atoms with van der Waals surface area (Å²) < 4.78 is 5.03. The van der Waals surface area contributed by atoms with E-state index in [9.17, 15) is 4.79 Å². The highest BCUT2D eigenvalue weighted by molar-refractivity contribution is 7.13. The molecule has 0 radical (unpaired) electrons. The maximum atomic E-state index is 10.9. The minimum absolute atomic E-state index is 0.137. The molecule has 2 aromatic heterocycles. The van der Waals surface area contributed by atoms with E-state index in [4.69, 9.17) is 9.52 Å². The van der Waals surface area contributed by atoms with Crippen molar-refractivity contribution in [1.29, 1.82) is 0 Å². The highest BCUT2D eigenvalue weighted by Crippen LogP contribution is 2.29. The average Bonchev–Trinajstić information content (AvgIpc) is 2.86. The lowest BCUT2D eigenvalue weighted by molar-refractivity contribution is 0.0665. The lowest BCUT2D eigenvalue weighted by atomic mass is 10.3. The summed E-state index contributed by atoms with van der Waals surface area (Å²) in [5.74, 6) is -1.26. The number of carboxylic acid groups (broad SMARTS) is 1. The van der Waals surface area contributed by atoms with Crippen molar-refractivity contribution in [3.05, 3.63) is 23.3 Å². The van der Waals surface area contributed by atoms with Crippen LogP contribution in [0.4, 0.5) is 6.01 Å². The van der Waals surface area contributed by atoms with Gasteiger partial charge in [0.25, 0.3) is 6.01 Å². The van der Waals surface area contributed by atoms with Gasteiger partial charge in [-0.05, 0) is 11.4 Å². The van der Waals surface area contributed by atoms with Crippen LogP contribution in [0.15, 0.2) is 21.9 Å². The molecule has 6 heteroatoms. The van der Waals surface area contributed by atoms with Crippen molar-refractivity contribution in [2.45, 2.75) is 0 Å². The number of nitrogens with zero attached hydrogens (tertiary/aromatic N) is 1. The van der Waals surface area contributed by atoms with Crippen molar-refractivity contribution in [1.82, 2.24) is 4.98 Å². The van der Waals surface area contributed by atoms with Crippen molar-refractivity contribution < 1.29 is 14.3 Å². The third-order valence-electron chi connectivity index (χ3n) is 1.79. The van der Waals surface area contributed by atoms with Gasteiger partial charge in [0.1, 0.15) is 5.69 Å². The number of anilines is 1. The Bertz CT molecular complexity index is 476. The summed E-state index contributed by atoms with van der Waals surface area (Å²) in [5.41, 5.74) is 0.363. The van der Waals surface area contributed by atoms with Crippen LogP contribution >= 0.6 is 11.3 Å². The molecular weight excluding hydrogens is 216 g/mol. The Hall–Kier alpha value is -1.82. The third kappa shape index (κ3) is 1.71. The summed E-state index contributed by atoms with van der Waals surface area (Å²) in [4.78, 5) is 15.7. The van der Waals surface area contributed by atoms with E-state index < -0.39 is 5.97 Å². The van der Waals surface area contributed by atoms with Gasteiger partial charge in [-0.3, -0.25) is 0 Å². The van der Waals surface area contributed by atoms with Crippen LogP contribution in [0.3, 0.4) is 0 Å². The number of hydrogen-bond acceptors (Lipinski definition) is 5. The molecule has 0 aromatic carbocycles. The third-order valence-corrected chi connectivity index (χ3v) is 2.67. The molecule has 0 atom stereocenters. The van der Waals surface area contributed by atoms with Gasteiger partial charge in [0.05, 0.1) is 4.88 Å². The van der Waals surface area contributed by atoms with E-state index in [1.807, 2.05) is 11.4 Å². The van der Waals surface area contributed by atoms with Crippen molar-refractivity contribution in [3.63, 3.8) is 0 Å². The lowest BCUT2D eigenvalue weighted by Gasteiger charge is -1.90. The predicted octanol–water partition coefficient (Wildman–Crippen LogP) is 2.14. The molecule has 0 bridgehead atoms. The summed E-state index contributed by atoms with van der Waals surface area (Å²) in [6, 6.07) is 3.84. The van der Waals surface area contributed by atoms with E-state index in [-0.39, 0.29) is 11.8 Å². The molecule has 0 aliphatic rings. The van der Waals surface area contributed by atoms with Gasteiger partial charge in [-0.2, -0.15) is 4.98 Å². The minimum atomic E-state index is -1.12. The van der Waals surface area contributed by atoms with Crippen LogP contribution in [0.1, 0.15) is 10.6 Å². The van der Waals surface area contributed by atoms with Gasteiger partial charge in [0.15, 0.2) is 0 Å². The number of thiophene rings is 1. The number of carboxylic acids is 1. The van der Waals surface area contributed by atoms with Crippen LogP contribution < -0.4 is 5.32 Å². The first-order chi connectivity index (χ1) is 7.22. The lowest BCUT2D eigenvalue weighted by Crippen LogP contribution is -1.95. The Balaban J connectivity index is 2.54. The van der Waals surface area contributed by atoms with Crippen LogP contribution in [0, 0.1) is 0 Å². The first-order valence-electron chi connectivity index (χ1n) is 4.18. The molecule has 0 spiro atoms. The normalized spacial score (nSPS) is 10.2. The fraction of sp³-hybridized carbons (Fsp3) is 0.111. The molecule has 78 valence electrons. The van der Waals surface area contributed by atoms with E-state index >= 15 is 0 Å². The SMILES string of the molecule is CNc1nc(-c2cccs2)c(C(=O)O)o1. The summed E-state index contributed by atoms with van der Waals surface area (Å²) >= 11 is 1.42. The van der Waals surface area contributed by atoms with E-state index in [1.165, 1.54) is 11.3 Å². The van der Waals surface area contributed by atoms with E-state index in [0.717, 1.165) is 4.88 Å². The number of rotatable bonds is 3. The summed E-state index contributed by atoms with van der Waals surface area (Å²) in [7, 11) is 1.62. The minimum Gasteiger partial charge on any atom is -0.475 e. The van der Waals surface area contributed by atoms with Crippen LogP contribution in [-0.4, -0.2) is 23.1 Å². The molecular formula is C9H8N2O3S. The molecule has 2 heterocycles. The number of oxazole rings is 1. The monoisotopic (exact) mass is 224 g/mol. The summed E-state index contributed by atoms with van der Waals surface area (Å²) in [5, 5.41) is 13.4. The van der Waals surface area contributed by atoms with Crippen molar-refractivity contribution in [3.8, 4) is 10.6 Å². The Kier molecular flexibility index (Phi) is 2.42. The Morgan fingerprint density at radius 2 is 2.47 bits per heavy atom. The average molecular weight is 224 g/mol. The van der Waals surface area contributed by atoms with Crippen LogP contribution in [0.2, 0.25) is 0 Å². The second-order valence-electron chi connectivity index (χ2n) is 2.73. The van der Waals surface area contributed by atoms with E-state index in [2.05, 4.69) is 10.3 Å². The number of carbonyl (C=O) groups is 1. The molecule has 0 amide bonds. The van der Waals surface area contributed by atoms with Gasteiger partial charge in [0, 0.05) is 7.05 Å². The number of aromatic carboxylic acids is 1. The molecule has 2 aromatic rings. The van der Waals surface area contributed by atoms with Gasteiger partial charge in [-0.15, -0.1) is 11.3 Å². The fourth-order valence-corrected chi connectivity index (χ4v) is 1.86. The van der Waals surface area contributed by atoms with Gasteiger partial charge in [-0.1, -0.05) is 6.07 Å². The topological polar surface area (TPSA) is 75.4 Å². The summed E-state index contributed by atoms with van der Waals surface area (Å²) in [6.45, 7) is 0. The Labute approximate surface area is 89.4 Å². The smallest absolute Gasteiger partial charge is 0.374 e. The van der Waals surface area contributed by atoms with E-state index in [0.29, 0.717) is 5.69 Å². The fourth-order valence-electron chi connectivity index (χ4n) is 1.15. The first-order valence-corrected chi connectivity index (χ1v) is 5.06. The van der Waals surface area contributed by atoms with Crippen LogP contribution in [0.25, 0.3) is 10.6 Å². The van der Waals surface area contributed by atoms with Gasteiger partial charge in [-0.25, -0.2) is 4.79 Å². The first kappa shape index (κ1) is 9.72. The second kappa shape index (κ2) is 3.74. The van der Waals surface area contributed by atoms with Crippen LogP contribution in [-0.2, 0) is 0 Å². The highest BCUT2D eigenvalue weighted by Gasteiger charge is 2.20. The van der Waals surface area contributed by atoms with Crippen LogP contribution in [0.5, 0.6) is 0 Å². The second-order valence-corrected chi connectivity index (χ2v) is 3.68. The molecule has 0 aliphatic heterocycles. The maximum absolute atomic E-state index is 10.9. The largest absolute Gasteiger partial charge is 0.475 e. The van der Waals surface area contributed by atoms with Gasteiger partial charge < -0.3 is 14.8 Å². The zero-order chi connectivity index (χ0) is 10.8. The quantitative estimate of drug-likeness (QED) is 0.835. The van der Waals surface area contributed by atoms with Crippen molar-refractivity contribution in [2.24, 2.45) is 0 Å².